The summed E-state index contributed by atoms with van der Waals surface area (Å²) in [5.74, 6) is -0.184. The molecule has 3 rings (SSSR count). The highest BCUT2D eigenvalue weighted by atomic mass is 16.6. The van der Waals surface area contributed by atoms with E-state index in [0.29, 0.717) is 30.9 Å². The van der Waals surface area contributed by atoms with E-state index in [4.69, 9.17) is 5.73 Å². The summed E-state index contributed by atoms with van der Waals surface area (Å²) in [7, 11) is 0. The minimum Gasteiger partial charge on any atom is -0.337 e. The van der Waals surface area contributed by atoms with Gasteiger partial charge in [-0.25, -0.2) is 0 Å². The highest BCUT2D eigenvalue weighted by Crippen LogP contribution is 2.29. The molecular weight excluding hydrogens is 432 g/mol. The lowest BCUT2D eigenvalue weighted by atomic mass is 9.86. The van der Waals surface area contributed by atoms with Crippen molar-refractivity contribution in [2.75, 3.05) is 18.4 Å². The molecule has 3 N–H and O–H groups in total. The Morgan fingerprint density at radius 1 is 1.09 bits per heavy atom. The molecule has 1 saturated carbocycles. The quantitative estimate of drug-likeness (QED) is 0.409. The molecule has 2 aromatic carbocycles. The first-order valence-electron chi connectivity index (χ1n) is 11.8. The van der Waals surface area contributed by atoms with Crippen LogP contribution in [0.15, 0.2) is 48.5 Å². The van der Waals surface area contributed by atoms with Crippen molar-refractivity contribution in [1.82, 2.24) is 4.90 Å². The van der Waals surface area contributed by atoms with Crippen molar-refractivity contribution in [2.45, 2.75) is 52.5 Å². The van der Waals surface area contributed by atoms with Crippen molar-refractivity contribution < 1.29 is 14.5 Å². The molecule has 0 aliphatic heterocycles. The molecule has 0 bridgehead atoms. The van der Waals surface area contributed by atoms with Crippen molar-refractivity contribution in [2.24, 2.45) is 17.1 Å². The summed E-state index contributed by atoms with van der Waals surface area (Å²) in [6, 6.07) is 12.9. The molecule has 0 spiro atoms. The van der Waals surface area contributed by atoms with Gasteiger partial charge in [-0.15, -0.1) is 0 Å². The number of hydrogen-bond donors (Lipinski definition) is 2. The molecule has 2 aromatic rings. The van der Waals surface area contributed by atoms with E-state index >= 15 is 0 Å². The maximum Gasteiger partial charge on any atom is 0.269 e. The van der Waals surface area contributed by atoms with Gasteiger partial charge in [0.05, 0.1) is 4.92 Å². The number of carbonyl (C=O) groups is 2. The van der Waals surface area contributed by atoms with Crippen LogP contribution in [0.4, 0.5) is 11.4 Å². The van der Waals surface area contributed by atoms with Gasteiger partial charge in [-0.3, -0.25) is 19.7 Å². The number of carbonyl (C=O) groups excluding carboxylic acids is 2. The van der Waals surface area contributed by atoms with E-state index < -0.39 is 4.92 Å². The van der Waals surface area contributed by atoms with Gasteiger partial charge in [0.1, 0.15) is 0 Å². The summed E-state index contributed by atoms with van der Waals surface area (Å²) >= 11 is 0. The highest BCUT2D eigenvalue weighted by molar-refractivity contribution is 6.04. The highest BCUT2D eigenvalue weighted by Gasteiger charge is 2.30. The van der Waals surface area contributed by atoms with Crippen LogP contribution >= 0.6 is 0 Å². The number of benzene rings is 2. The number of non-ortho nitro benzene ring substituents is 1. The van der Waals surface area contributed by atoms with Gasteiger partial charge in [-0.05, 0) is 48.6 Å². The molecule has 0 aromatic heterocycles. The van der Waals surface area contributed by atoms with Crippen LogP contribution in [-0.4, -0.2) is 34.7 Å². The minimum atomic E-state index is -0.502. The predicted molar refractivity (Wildman–Crippen MR) is 132 cm³/mol. The molecular formula is C26H34N4O4. The average Bonchev–Trinajstić information content (AvgIpc) is 2.84. The van der Waals surface area contributed by atoms with E-state index in [1.165, 1.54) is 30.7 Å². The molecule has 8 nitrogen and oxygen atoms in total. The number of amides is 2. The van der Waals surface area contributed by atoms with Crippen molar-refractivity contribution >= 4 is 23.2 Å². The standard InChI is InChI=1S/C26H34N4O4/c1-26(2,17-27)18-29(25(32)20-8-4-3-5-9-20)16-21-10-6-7-11-23(21)28-24(31)19-12-14-22(15-13-19)30(33)34/h6-7,10-15,20H,3-5,8-9,16-18,27H2,1-2H3,(H,28,31). The molecule has 2 amide bonds. The average molecular weight is 467 g/mol. The van der Waals surface area contributed by atoms with E-state index in [1.807, 2.05) is 23.1 Å². The van der Waals surface area contributed by atoms with Gasteiger partial charge in [0.2, 0.25) is 5.91 Å². The molecule has 0 radical (unpaired) electrons. The molecule has 0 saturated heterocycles. The van der Waals surface area contributed by atoms with Crippen LogP contribution in [0.2, 0.25) is 0 Å². The molecule has 34 heavy (non-hydrogen) atoms. The smallest absolute Gasteiger partial charge is 0.269 e. The second-order valence-electron chi connectivity index (χ2n) is 9.81. The fraction of sp³-hybridized carbons (Fsp3) is 0.462. The number of rotatable bonds is 9. The van der Waals surface area contributed by atoms with Crippen molar-refractivity contribution in [3.05, 3.63) is 69.8 Å². The zero-order valence-corrected chi connectivity index (χ0v) is 20.0. The van der Waals surface area contributed by atoms with Gasteiger partial charge in [-0.1, -0.05) is 51.3 Å². The van der Waals surface area contributed by atoms with Crippen molar-refractivity contribution in [3.8, 4) is 0 Å². The SMILES string of the molecule is CC(C)(CN)CN(Cc1ccccc1NC(=O)c1ccc([N+](=O)[O-])cc1)C(=O)C1CCCCC1. The van der Waals surface area contributed by atoms with Gasteiger partial charge in [0.15, 0.2) is 0 Å². The Labute approximate surface area is 200 Å². The summed E-state index contributed by atoms with van der Waals surface area (Å²) in [4.78, 5) is 38.6. The Balaban J connectivity index is 1.81. The maximum absolute atomic E-state index is 13.5. The zero-order chi connectivity index (χ0) is 24.7. The van der Waals surface area contributed by atoms with Crippen LogP contribution in [0.25, 0.3) is 0 Å². The summed E-state index contributed by atoms with van der Waals surface area (Å²) in [5.41, 5.74) is 7.43. The van der Waals surface area contributed by atoms with Crippen LogP contribution in [0.1, 0.15) is 61.9 Å². The van der Waals surface area contributed by atoms with E-state index in [1.54, 1.807) is 6.07 Å². The normalized spacial score (nSPS) is 14.4. The topological polar surface area (TPSA) is 119 Å². The zero-order valence-electron chi connectivity index (χ0n) is 20.0. The Kier molecular flexibility index (Phi) is 8.39. The first-order chi connectivity index (χ1) is 16.2. The van der Waals surface area contributed by atoms with Crippen LogP contribution in [0.5, 0.6) is 0 Å². The lowest BCUT2D eigenvalue weighted by Gasteiger charge is -2.35. The Morgan fingerprint density at radius 2 is 1.74 bits per heavy atom. The summed E-state index contributed by atoms with van der Waals surface area (Å²) in [6.07, 6.45) is 5.15. The van der Waals surface area contributed by atoms with E-state index in [2.05, 4.69) is 19.2 Å². The summed E-state index contributed by atoms with van der Waals surface area (Å²) in [5, 5.41) is 13.8. The maximum atomic E-state index is 13.5. The van der Waals surface area contributed by atoms with Crippen molar-refractivity contribution in [3.63, 3.8) is 0 Å². The van der Waals surface area contributed by atoms with Gasteiger partial charge in [0, 0.05) is 42.4 Å². The summed E-state index contributed by atoms with van der Waals surface area (Å²) < 4.78 is 0. The Hall–Kier alpha value is -3.26. The van der Waals surface area contributed by atoms with Crippen LogP contribution in [-0.2, 0) is 11.3 Å². The third-order valence-corrected chi connectivity index (χ3v) is 6.40. The van der Waals surface area contributed by atoms with Crippen LogP contribution in [0, 0.1) is 21.4 Å². The third-order valence-electron chi connectivity index (χ3n) is 6.40. The first kappa shape index (κ1) is 25.4. The van der Waals surface area contributed by atoms with Gasteiger partial charge in [-0.2, -0.15) is 0 Å². The molecule has 182 valence electrons. The number of nitrogens with one attached hydrogen (secondary N) is 1. The largest absolute Gasteiger partial charge is 0.337 e. The van der Waals surface area contributed by atoms with E-state index in [0.717, 1.165) is 31.2 Å². The number of para-hydroxylation sites is 1. The number of nitro groups is 1. The Morgan fingerprint density at radius 3 is 2.35 bits per heavy atom. The number of nitro benzene ring substituents is 1. The minimum absolute atomic E-state index is 0.0317. The molecule has 1 fully saturated rings. The predicted octanol–water partition coefficient (Wildman–Crippen LogP) is 4.74. The van der Waals surface area contributed by atoms with Gasteiger partial charge in [0.25, 0.3) is 11.6 Å². The van der Waals surface area contributed by atoms with Gasteiger partial charge < -0.3 is 16.0 Å². The molecule has 1 aliphatic rings. The molecule has 1 aliphatic carbocycles. The number of hydrogen-bond acceptors (Lipinski definition) is 5. The number of anilines is 1. The molecule has 8 heteroatoms. The van der Waals surface area contributed by atoms with E-state index in [9.17, 15) is 19.7 Å². The first-order valence-corrected chi connectivity index (χ1v) is 11.8. The fourth-order valence-electron chi connectivity index (χ4n) is 4.32. The van der Waals surface area contributed by atoms with Crippen LogP contribution in [0.3, 0.4) is 0 Å². The van der Waals surface area contributed by atoms with Crippen LogP contribution < -0.4 is 11.1 Å². The monoisotopic (exact) mass is 466 g/mol. The lowest BCUT2D eigenvalue weighted by molar-refractivity contribution is -0.384. The van der Waals surface area contributed by atoms with E-state index in [-0.39, 0.29) is 28.8 Å². The second kappa shape index (κ2) is 11.2. The van der Waals surface area contributed by atoms with Crippen molar-refractivity contribution in [1.29, 1.82) is 0 Å². The number of nitrogens with zero attached hydrogens (tertiary/aromatic N) is 2. The molecule has 0 heterocycles. The lowest BCUT2D eigenvalue weighted by Crippen LogP contribution is -2.44. The third kappa shape index (κ3) is 6.63. The molecule has 0 unspecified atom stereocenters. The van der Waals surface area contributed by atoms with Gasteiger partial charge >= 0.3 is 0 Å². The number of nitrogens with two attached hydrogens (primary N) is 1. The Bertz CT molecular complexity index is 1010. The summed E-state index contributed by atoms with van der Waals surface area (Å²) in [6.45, 7) is 5.46. The second-order valence-corrected chi connectivity index (χ2v) is 9.81. The fourth-order valence-corrected chi connectivity index (χ4v) is 4.32. The molecule has 0 atom stereocenters.